The van der Waals surface area contributed by atoms with Gasteiger partial charge in [0.2, 0.25) is 0 Å². The van der Waals surface area contributed by atoms with Crippen LogP contribution >= 0.6 is 11.6 Å². The molecule has 2 heterocycles. The molecule has 29 heavy (non-hydrogen) atoms. The number of amides is 1. The molecular formula is C22H23ClN4O2. The normalized spacial score (nSPS) is 14.7. The third-order valence-corrected chi connectivity index (χ3v) is 5.23. The minimum absolute atomic E-state index is 0.173. The number of halogens is 1. The molecule has 4 rings (SSSR count). The maximum Gasteiger partial charge on any atom is 0.270 e. The van der Waals surface area contributed by atoms with Crippen molar-refractivity contribution in [3.63, 3.8) is 0 Å². The summed E-state index contributed by atoms with van der Waals surface area (Å²) >= 11 is 6.39. The van der Waals surface area contributed by atoms with Crippen molar-refractivity contribution in [1.82, 2.24) is 20.0 Å². The van der Waals surface area contributed by atoms with Crippen LogP contribution in [0.3, 0.4) is 0 Å². The van der Waals surface area contributed by atoms with E-state index < -0.39 is 0 Å². The van der Waals surface area contributed by atoms with Crippen LogP contribution in [0.5, 0.6) is 0 Å². The lowest BCUT2D eigenvalue weighted by Crippen LogP contribution is -2.41. The first-order valence-corrected chi connectivity index (χ1v) is 10.1. The summed E-state index contributed by atoms with van der Waals surface area (Å²) in [6.07, 6.45) is 0. The molecule has 150 valence electrons. The van der Waals surface area contributed by atoms with Crippen LogP contribution in [0.4, 0.5) is 0 Å². The molecule has 1 N–H and O–H groups in total. The number of carbonyl (C=O) groups excluding carboxylic acids is 1. The van der Waals surface area contributed by atoms with Gasteiger partial charge in [0.15, 0.2) is 0 Å². The Balaban J connectivity index is 1.58. The van der Waals surface area contributed by atoms with E-state index in [9.17, 15) is 4.79 Å². The number of morpholine rings is 1. The molecule has 0 radical (unpaired) electrons. The molecule has 1 aliphatic rings. The number of hydrogen-bond acceptors (Lipinski definition) is 4. The molecule has 1 aromatic heterocycles. The highest BCUT2D eigenvalue weighted by Gasteiger charge is 2.19. The minimum Gasteiger partial charge on any atom is -0.379 e. The van der Waals surface area contributed by atoms with Gasteiger partial charge < -0.3 is 10.1 Å². The highest BCUT2D eigenvalue weighted by Crippen LogP contribution is 2.25. The van der Waals surface area contributed by atoms with Crippen LogP contribution in [0, 0.1) is 0 Å². The maximum atomic E-state index is 13.0. The van der Waals surface area contributed by atoms with E-state index in [0.717, 1.165) is 44.1 Å². The number of nitrogens with one attached hydrogen (secondary N) is 1. The Hall–Kier alpha value is -2.67. The number of aromatic nitrogens is 2. The van der Waals surface area contributed by atoms with E-state index in [0.29, 0.717) is 22.9 Å². The second-order valence-corrected chi connectivity index (χ2v) is 7.26. The monoisotopic (exact) mass is 410 g/mol. The fourth-order valence-corrected chi connectivity index (χ4v) is 3.56. The predicted octanol–water partition coefficient (Wildman–Crippen LogP) is 3.25. The van der Waals surface area contributed by atoms with Gasteiger partial charge in [0.1, 0.15) is 5.69 Å². The van der Waals surface area contributed by atoms with E-state index in [2.05, 4.69) is 15.3 Å². The quantitative estimate of drug-likeness (QED) is 0.677. The number of hydrogen-bond donors (Lipinski definition) is 1. The molecule has 6 nitrogen and oxygen atoms in total. The average molecular weight is 411 g/mol. The lowest BCUT2D eigenvalue weighted by molar-refractivity contribution is 0.0383. The van der Waals surface area contributed by atoms with Crippen molar-refractivity contribution < 1.29 is 9.53 Å². The van der Waals surface area contributed by atoms with Crippen molar-refractivity contribution in [2.45, 2.75) is 0 Å². The van der Waals surface area contributed by atoms with Gasteiger partial charge in [-0.3, -0.25) is 9.69 Å². The van der Waals surface area contributed by atoms with E-state index in [1.54, 1.807) is 10.7 Å². The molecule has 0 saturated carbocycles. The van der Waals surface area contributed by atoms with Crippen molar-refractivity contribution in [3.05, 3.63) is 71.4 Å². The van der Waals surface area contributed by atoms with Crippen molar-refractivity contribution in [2.75, 3.05) is 39.4 Å². The minimum atomic E-state index is -0.173. The Morgan fingerprint density at radius 2 is 1.79 bits per heavy atom. The SMILES string of the molecule is O=C(NCCN1CCOCC1)c1cc(-c2ccccc2)nn1-c1ccccc1Cl. The highest BCUT2D eigenvalue weighted by atomic mass is 35.5. The van der Waals surface area contributed by atoms with Gasteiger partial charge in [0.05, 0.1) is 29.6 Å². The zero-order chi connectivity index (χ0) is 20.1. The topological polar surface area (TPSA) is 59.4 Å². The van der Waals surface area contributed by atoms with Gasteiger partial charge in [-0.1, -0.05) is 54.1 Å². The molecule has 1 saturated heterocycles. The van der Waals surface area contributed by atoms with Crippen LogP contribution in [-0.2, 0) is 4.74 Å². The fraction of sp³-hybridized carbons (Fsp3) is 0.273. The first-order valence-electron chi connectivity index (χ1n) is 9.71. The Kier molecular flexibility index (Phi) is 6.24. The summed E-state index contributed by atoms with van der Waals surface area (Å²) in [5.41, 5.74) is 2.80. The molecule has 3 aromatic rings. The summed E-state index contributed by atoms with van der Waals surface area (Å²) < 4.78 is 6.98. The van der Waals surface area contributed by atoms with Gasteiger partial charge in [-0.05, 0) is 18.2 Å². The maximum absolute atomic E-state index is 13.0. The van der Waals surface area contributed by atoms with Crippen molar-refractivity contribution in [2.24, 2.45) is 0 Å². The number of ether oxygens (including phenoxy) is 1. The van der Waals surface area contributed by atoms with Crippen molar-refractivity contribution in [3.8, 4) is 16.9 Å². The standard InChI is InChI=1S/C22H23ClN4O2/c23-18-8-4-5-9-20(18)27-21(16-19(25-27)17-6-2-1-3-7-17)22(28)24-10-11-26-12-14-29-15-13-26/h1-9,16H,10-15H2,(H,24,28). The molecule has 7 heteroatoms. The van der Waals surface area contributed by atoms with E-state index in [-0.39, 0.29) is 5.91 Å². The van der Waals surface area contributed by atoms with Crippen LogP contribution < -0.4 is 5.32 Å². The van der Waals surface area contributed by atoms with Gasteiger partial charge >= 0.3 is 0 Å². The zero-order valence-corrected chi connectivity index (χ0v) is 16.8. The van der Waals surface area contributed by atoms with Crippen LogP contribution in [0.2, 0.25) is 5.02 Å². The van der Waals surface area contributed by atoms with Crippen LogP contribution in [0.15, 0.2) is 60.7 Å². The van der Waals surface area contributed by atoms with Crippen LogP contribution in [0.1, 0.15) is 10.5 Å². The molecule has 0 spiro atoms. The predicted molar refractivity (Wildman–Crippen MR) is 114 cm³/mol. The van der Waals surface area contributed by atoms with E-state index in [1.165, 1.54) is 0 Å². The van der Waals surface area contributed by atoms with Gasteiger partial charge in [-0.25, -0.2) is 4.68 Å². The molecule has 1 fully saturated rings. The van der Waals surface area contributed by atoms with E-state index in [4.69, 9.17) is 16.3 Å². The van der Waals surface area contributed by atoms with E-state index in [1.807, 2.05) is 54.6 Å². The molecule has 0 aliphatic carbocycles. The third kappa shape index (κ3) is 4.67. The van der Waals surface area contributed by atoms with Crippen LogP contribution in [-0.4, -0.2) is 60.0 Å². The Morgan fingerprint density at radius 1 is 1.07 bits per heavy atom. The Labute approximate surface area is 175 Å². The number of benzene rings is 2. The summed E-state index contributed by atoms with van der Waals surface area (Å²) in [6, 6.07) is 19.0. The highest BCUT2D eigenvalue weighted by molar-refractivity contribution is 6.32. The lowest BCUT2D eigenvalue weighted by atomic mass is 10.1. The molecule has 1 aliphatic heterocycles. The van der Waals surface area contributed by atoms with Gasteiger partial charge in [-0.2, -0.15) is 5.10 Å². The molecule has 0 atom stereocenters. The summed E-state index contributed by atoms with van der Waals surface area (Å²) in [5.74, 6) is -0.173. The van der Waals surface area contributed by atoms with Crippen LogP contribution in [0.25, 0.3) is 16.9 Å². The number of carbonyl (C=O) groups is 1. The van der Waals surface area contributed by atoms with Crippen molar-refractivity contribution >= 4 is 17.5 Å². The fourth-order valence-electron chi connectivity index (χ4n) is 3.34. The largest absolute Gasteiger partial charge is 0.379 e. The number of para-hydroxylation sites is 1. The second-order valence-electron chi connectivity index (χ2n) is 6.85. The molecule has 0 unspecified atom stereocenters. The smallest absolute Gasteiger partial charge is 0.270 e. The zero-order valence-electron chi connectivity index (χ0n) is 16.1. The number of rotatable bonds is 6. The van der Waals surface area contributed by atoms with Gasteiger partial charge in [0, 0.05) is 31.7 Å². The van der Waals surface area contributed by atoms with Crippen molar-refractivity contribution in [1.29, 1.82) is 0 Å². The summed E-state index contributed by atoms with van der Waals surface area (Å²) in [4.78, 5) is 15.3. The molecular weight excluding hydrogens is 388 g/mol. The Bertz CT molecular complexity index is 968. The summed E-state index contributed by atoms with van der Waals surface area (Å²) in [5, 5.41) is 8.23. The third-order valence-electron chi connectivity index (χ3n) is 4.91. The number of nitrogens with zero attached hydrogens (tertiary/aromatic N) is 3. The Morgan fingerprint density at radius 3 is 2.55 bits per heavy atom. The van der Waals surface area contributed by atoms with Gasteiger partial charge in [-0.15, -0.1) is 0 Å². The average Bonchev–Trinajstić information content (AvgIpc) is 3.21. The summed E-state index contributed by atoms with van der Waals surface area (Å²) in [6.45, 7) is 4.63. The van der Waals surface area contributed by atoms with E-state index >= 15 is 0 Å². The van der Waals surface area contributed by atoms with Gasteiger partial charge in [0.25, 0.3) is 5.91 Å². The molecule has 1 amide bonds. The molecule has 0 bridgehead atoms. The second kappa shape index (κ2) is 9.22. The first kappa shape index (κ1) is 19.6. The summed E-state index contributed by atoms with van der Waals surface area (Å²) in [7, 11) is 0. The first-order chi connectivity index (χ1) is 14.2. The molecule has 2 aromatic carbocycles. The lowest BCUT2D eigenvalue weighted by Gasteiger charge is -2.26.